The fourth-order valence-corrected chi connectivity index (χ4v) is 5.46. The predicted molar refractivity (Wildman–Crippen MR) is 113 cm³/mol. The monoisotopic (exact) mass is 392 g/mol. The number of para-hydroxylation sites is 1. The van der Waals surface area contributed by atoms with Crippen molar-refractivity contribution in [1.29, 1.82) is 0 Å². The minimum absolute atomic E-state index is 0.0839. The summed E-state index contributed by atoms with van der Waals surface area (Å²) < 4.78 is 0. The first-order chi connectivity index (χ1) is 13.7. The van der Waals surface area contributed by atoms with Crippen LogP contribution >= 0.6 is 0 Å². The molecule has 1 N–H and O–H groups in total. The van der Waals surface area contributed by atoms with Crippen molar-refractivity contribution in [2.45, 2.75) is 63.6 Å². The molecule has 2 aromatic rings. The molecule has 0 aromatic heterocycles. The number of carbonyl (C=O) groups excluding carboxylic acids is 1. The predicted octanol–water partition coefficient (Wildman–Crippen LogP) is 4.67. The number of nitrogens with zero attached hydrogens (tertiary/aromatic N) is 2. The molecule has 2 aromatic carbocycles. The number of fused-ring (bicyclic) bond motifs is 4. The third-order valence-corrected chi connectivity index (χ3v) is 6.35. The van der Waals surface area contributed by atoms with Gasteiger partial charge in [0, 0.05) is 29.6 Å². The van der Waals surface area contributed by atoms with Gasteiger partial charge in [-0.05, 0) is 51.3 Å². The topological polar surface area (TPSA) is 60.9 Å². The summed E-state index contributed by atoms with van der Waals surface area (Å²) in [4.78, 5) is 30.0. The summed E-state index contributed by atoms with van der Waals surface area (Å²) in [6.45, 7) is 7.64. The summed E-state index contributed by atoms with van der Waals surface area (Å²) in [5, 5.41) is 10.3. The molecule has 29 heavy (non-hydrogen) atoms. The smallest absolute Gasteiger partial charge is 0.408 e. The average Bonchev–Trinajstić information content (AvgIpc) is 2.83. The zero-order chi connectivity index (χ0) is 21.0. The van der Waals surface area contributed by atoms with Gasteiger partial charge in [0.25, 0.3) is 5.91 Å². The van der Waals surface area contributed by atoms with Crippen LogP contribution in [0.15, 0.2) is 54.6 Å². The van der Waals surface area contributed by atoms with Crippen LogP contribution in [-0.4, -0.2) is 39.1 Å². The molecule has 5 heteroatoms. The number of carboxylic acid groups (broad SMARTS) is 1. The van der Waals surface area contributed by atoms with Crippen LogP contribution in [0.4, 0.5) is 10.5 Å². The van der Waals surface area contributed by atoms with Crippen LogP contribution in [0.3, 0.4) is 0 Å². The Balaban J connectivity index is 2.03. The van der Waals surface area contributed by atoms with Gasteiger partial charge in [0.05, 0.1) is 0 Å². The molecule has 2 heterocycles. The van der Waals surface area contributed by atoms with Crippen molar-refractivity contribution in [2.24, 2.45) is 0 Å². The Morgan fingerprint density at radius 2 is 1.72 bits per heavy atom. The van der Waals surface area contributed by atoms with E-state index in [1.807, 2.05) is 81.1 Å². The maximum atomic E-state index is 14.1. The van der Waals surface area contributed by atoms with Crippen molar-refractivity contribution >= 4 is 17.7 Å². The van der Waals surface area contributed by atoms with Crippen molar-refractivity contribution < 1.29 is 14.7 Å². The molecule has 0 saturated carbocycles. The summed E-state index contributed by atoms with van der Waals surface area (Å²) in [6, 6.07) is 17.8. The van der Waals surface area contributed by atoms with E-state index in [2.05, 4.69) is 6.07 Å². The third kappa shape index (κ3) is 2.83. The van der Waals surface area contributed by atoms with Crippen LogP contribution in [0.1, 0.15) is 51.2 Å². The van der Waals surface area contributed by atoms with Gasteiger partial charge in [-0.1, -0.05) is 48.5 Å². The molecular weight excluding hydrogens is 364 g/mol. The lowest BCUT2D eigenvalue weighted by Crippen LogP contribution is -2.65. The molecule has 1 saturated heterocycles. The number of carbonyl (C=O) groups is 2. The van der Waals surface area contributed by atoms with Crippen molar-refractivity contribution in [1.82, 2.24) is 4.90 Å². The first kappa shape index (κ1) is 19.5. The molecular formula is C24H28N2O3. The second kappa shape index (κ2) is 6.61. The van der Waals surface area contributed by atoms with Gasteiger partial charge in [0.15, 0.2) is 0 Å². The van der Waals surface area contributed by atoms with E-state index in [1.54, 1.807) is 0 Å². The van der Waals surface area contributed by atoms with E-state index in [4.69, 9.17) is 0 Å². The van der Waals surface area contributed by atoms with Gasteiger partial charge in [0.1, 0.15) is 5.54 Å². The second-order valence-electron chi connectivity index (χ2n) is 9.24. The second-order valence-corrected chi connectivity index (χ2v) is 9.24. The fraction of sp³-hybridized carbons (Fsp3) is 0.417. The highest BCUT2D eigenvalue weighted by atomic mass is 16.4. The number of hydrogen-bond acceptors (Lipinski definition) is 2. The highest BCUT2D eigenvalue weighted by Gasteiger charge is 2.64. The molecule has 152 valence electrons. The van der Waals surface area contributed by atoms with E-state index in [9.17, 15) is 14.7 Å². The van der Waals surface area contributed by atoms with Gasteiger partial charge >= 0.3 is 6.09 Å². The first-order valence-electron chi connectivity index (χ1n) is 10.2. The summed E-state index contributed by atoms with van der Waals surface area (Å²) in [6.07, 6.45) is 0.0463. The van der Waals surface area contributed by atoms with Crippen molar-refractivity contribution in [3.05, 3.63) is 65.7 Å². The Bertz CT molecular complexity index is 950. The molecule has 4 rings (SSSR count). The summed E-state index contributed by atoms with van der Waals surface area (Å²) in [7, 11) is 0. The van der Waals surface area contributed by atoms with Gasteiger partial charge < -0.3 is 10.0 Å². The van der Waals surface area contributed by atoms with Crippen molar-refractivity contribution in [3.63, 3.8) is 0 Å². The largest absolute Gasteiger partial charge is 0.465 e. The molecule has 0 aliphatic carbocycles. The maximum Gasteiger partial charge on any atom is 0.408 e. The Labute approximate surface area is 171 Å². The molecule has 2 aliphatic rings. The average molecular weight is 392 g/mol. The SMILES string of the molecule is CC1CC2(N(C(=O)O)C(C)(C)C)C(=O)N1c1ccccc1CC2c1ccccc1. The van der Waals surface area contributed by atoms with Crippen LogP contribution in [0, 0.1) is 0 Å². The molecule has 2 aliphatic heterocycles. The van der Waals surface area contributed by atoms with E-state index in [0.29, 0.717) is 12.8 Å². The minimum atomic E-state index is -1.15. The van der Waals surface area contributed by atoms with Gasteiger partial charge in [-0.25, -0.2) is 4.79 Å². The Morgan fingerprint density at radius 1 is 1.10 bits per heavy atom. The lowest BCUT2D eigenvalue weighted by molar-refractivity contribution is -0.131. The van der Waals surface area contributed by atoms with Crippen LogP contribution in [0.5, 0.6) is 0 Å². The summed E-state index contributed by atoms with van der Waals surface area (Å²) in [5.41, 5.74) is 1.12. The van der Waals surface area contributed by atoms with Crippen LogP contribution in [-0.2, 0) is 11.2 Å². The fourth-order valence-electron chi connectivity index (χ4n) is 5.46. The van der Waals surface area contributed by atoms with E-state index in [0.717, 1.165) is 16.8 Å². The zero-order valence-electron chi connectivity index (χ0n) is 17.4. The summed E-state index contributed by atoms with van der Waals surface area (Å²) >= 11 is 0. The number of amides is 2. The van der Waals surface area contributed by atoms with Gasteiger partial charge in [-0.15, -0.1) is 0 Å². The van der Waals surface area contributed by atoms with Crippen LogP contribution in [0.2, 0.25) is 0 Å². The standard InChI is InChI=1S/C24H28N2O3/c1-16-15-24(26(22(28)29)23(2,3)4)19(17-10-6-5-7-11-17)14-18-12-8-9-13-20(18)25(16)21(24)27/h5-13,16,19H,14-15H2,1-4H3,(H,28,29). The van der Waals surface area contributed by atoms with E-state index < -0.39 is 17.2 Å². The quantitative estimate of drug-likeness (QED) is 0.808. The molecule has 5 nitrogen and oxygen atoms in total. The van der Waals surface area contributed by atoms with Crippen LogP contribution < -0.4 is 4.90 Å². The van der Waals surface area contributed by atoms with E-state index in [1.165, 1.54) is 4.90 Å². The third-order valence-electron chi connectivity index (χ3n) is 6.35. The molecule has 0 spiro atoms. The Kier molecular flexibility index (Phi) is 4.45. The number of benzene rings is 2. The highest BCUT2D eigenvalue weighted by molar-refractivity contribution is 6.07. The molecule has 2 bridgehead atoms. The van der Waals surface area contributed by atoms with Crippen molar-refractivity contribution in [2.75, 3.05) is 4.90 Å². The number of rotatable bonds is 2. The number of hydrogen-bond donors (Lipinski definition) is 1. The zero-order valence-corrected chi connectivity index (χ0v) is 17.4. The first-order valence-corrected chi connectivity index (χ1v) is 10.2. The molecule has 3 atom stereocenters. The highest BCUT2D eigenvalue weighted by Crippen LogP contribution is 2.52. The Hall–Kier alpha value is -2.82. The normalized spacial score (nSPS) is 26.1. The number of anilines is 1. The molecule has 2 amide bonds. The molecule has 1 fully saturated rings. The lowest BCUT2D eigenvalue weighted by Gasteiger charge is -2.49. The summed E-state index contributed by atoms with van der Waals surface area (Å²) in [5.74, 6) is -0.372. The van der Waals surface area contributed by atoms with Crippen LogP contribution in [0.25, 0.3) is 0 Å². The minimum Gasteiger partial charge on any atom is -0.465 e. The van der Waals surface area contributed by atoms with E-state index in [-0.39, 0.29) is 17.9 Å². The molecule has 0 radical (unpaired) electrons. The molecule has 3 unspecified atom stereocenters. The van der Waals surface area contributed by atoms with Gasteiger partial charge in [-0.3, -0.25) is 9.69 Å². The maximum absolute atomic E-state index is 14.1. The van der Waals surface area contributed by atoms with E-state index >= 15 is 0 Å². The van der Waals surface area contributed by atoms with Crippen molar-refractivity contribution in [3.8, 4) is 0 Å². The Morgan fingerprint density at radius 3 is 2.34 bits per heavy atom. The van der Waals surface area contributed by atoms with Gasteiger partial charge in [-0.2, -0.15) is 0 Å². The van der Waals surface area contributed by atoms with Gasteiger partial charge in [0.2, 0.25) is 0 Å². The lowest BCUT2D eigenvalue weighted by atomic mass is 9.71.